The second kappa shape index (κ2) is 6.78. The van der Waals surface area contributed by atoms with Crippen LogP contribution in [-0.4, -0.2) is 50.4 Å². The molecule has 2 fully saturated rings. The minimum Gasteiger partial charge on any atom is -0.370 e. The lowest BCUT2D eigenvalue weighted by atomic mass is 9.87. The lowest BCUT2D eigenvalue weighted by Crippen LogP contribution is -2.43. The summed E-state index contributed by atoms with van der Waals surface area (Å²) in [7, 11) is -2.96. The molecule has 1 heterocycles. The van der Waals surface area contributed by atoms with Crippen LogP contribution in [0.15, 0.2) is 4.99 Å². The van der Waals surface area contributed by atoms with E-state index in [0.717, 1.165) is 32.4 Å². The SMILES string of the molecule is C[C@@H]1CCCN(C(N)=NCCS(=O)(=O)CC2CCC2)C1. The van der Waals surface area contributed by atoms with Crippen LogP contribution in [0.4, 0.5) is 0 Å². The van der Waals surface area contributed by atoms with Crippen molar-refractivity contribution >= 4 is 15.8 Å². The summed E-state index contributed by atoms with van der Waals surface area (Å²) in [6.45, 7) is 4.38. The third-order valence-electron chi connectivity index (χ3n) is 4.37. The first kappa shape index (κ1) is 15.6. The van der Waals surface area contributed by atoms with E-state index in [9.17, 15) is 8.42 Å². The monoisotopic (exact) mass is 301 g/mol. The molecule has 0 unspecified atom stereocenters. The van der Waals surface area contributed by atoms with Crippen molar-refractivity contribution in [2.45, 2.75) is 39.0 Å². The van der Waals surface area contributed by atoms with E-state index in [2.05, 4.69) is 16.8 Å². The van der Waals surface area contributed by atoms with Crippen molar-refractivity contribution in [2.24, 2.45) is 22.6 Å². The Morgan fingerprint density at radius 3 is 2.65 bits per heavy atom. The molecule has 1 saturated carbocycles. The van der Waals surface area contributed by atoms with Crippen LogP contribution in [0.2, 0.25) is 0 Å². The van der Waals surface area contributed by atoms with E-state index < -0.39 is 9.84 Å². The molecule has 0 aromatic rings. The molecule has 0 spiro atoms. The smallest absolute Gasteiger partial charge is 0.191 e. The molecule has 2 aliphatic rings. The van der Waals surface area contributed by atoms with Crippen molar-refractivity contribution in [3.8, 4) is 0 Å². The number of likely N-dealkylation sites (tertiary alicyclic amines) is 1. The summed E-state index contributed by atoms with van der Waals surface area (Å²) < 4.78 is 23.8. The van der Waals surface area contributed by atoms with Gasteiger partial charge in [-0.1, -0.05) is 13.3 Å². The van der Waals surface area contributed by atoms with Crippen molar-refractivity contribution in [3.05, 3.63) is 0 Å². The molecule has 1 aliphatic carbocycles. The van der Waals surface area contributed by atoms with Crippen molar-refractivity contribution in [3.63, 3.8) is 0 Å². The van der Waals surface area contributed by atoms with Crippen LogP contribution in [0, 0.1) is 11.8 Å². The summed E-state index contributed by atoms with van der Waals surface area (Å²) >= 11 is 0. The van der Waals surface area contributed by atoms with Crippen LogP contribution in [-0.2, 0) is 9.84 Å². The predicted octanol–water partition coefficient (Wildman–Crippen LogP) is 1.25. The minimum atomic E-state index is -2.96. The molecule has 1 atom stereocenters. The number of hydrogen-bond acceptors (Lipinski definition) is 3. The fourth-order valence-electron chi connectivity index (χ4n) is 2.90. The van der Waals surface area contributed by atoms with Gasteiger partial charge in [0.2, 0.25) is 0 Å². The largest absolute Gasteiger partial charge is 0.370 e. The number of nitrogens with zero attached hydrogens (tertiary/aromatic N) is 2. The first-order chi connectivity index (χ1) is 9.46. The highest BCUT2D eigenvalue weighted by Gasteiger charge is 2.24. The number of hydrogen-bond donors (Lipinski definition) is 1. The van der Waals surface area contributed by atoms with E-state index in [0.29, 0.717) is 30.1 Å². The highest BCUT2D eigenvalue weighted by molar-refractivity contribution is 7.91. The van der Waals surface area contributed by atoms with Crippen LogP contribution in [0.1, 0.15) is 39.0 Å². The highest BCUT2D eigenvalue weighted by Crippen LogP contribution is 2.27. The number of aliphatic imine (C=N–C) groups is 1. The summed E-state index contributed by atoms with van der Waals surface area (Å²) in [5.74, 6) is 2.01. The minimum absolute atomic E-state index is 0.133. The molecule has 116 valence electrons. The molecule has 1 aliphatic heterocycles. The van der Waals surface area contributed by atoms with Crippen molar-refractivity contribution < 1.29 is 8.42 Å². The van der Waals surface area contributed by atoms with Gasteiger partial charge in [-0.25, -0.2) is 8.42 Å². The van der Waals surface area contributed by atoms with Gasteiger partial charge in [-0.3, -0.25) is 4.99 Å². The molecule has 2 rings (SSSR count). The summed E-state index contributed by atoms with van der Waals surface area (Å²) in [5, 5.41) is 0. The summed E-state index contributed by atoms with van der Waals surface area (Å²) in [5.41, 5.74) is 5.96. The topological polar surface area (TPSA) is 75.8 Å². The fraction of sp³-hybridized carbons (Fsp3) is 0.929. The normalized spacial score (nSPS) is 25.6. The molecule has 1 saturated heterocycles. The van der Waals surface area contributed by atoms with E-state index >= 15 is 0 Å². The molecule has 0 aromatic heterocycles. The van der Waals surface area contributed by atoms with Gasteiger partial charge in [-0.15, -0.1) is 0 Å². The Morgan fingerprint density at radius 1 is 1.30 bits per heavy atom. The number of piperidine rings is 1. The van der Waals surface area contributed by atoms with Gasteiger partial charge in [0.05, 0.1) is 18.1 Å². The molecule has 20 heavy (non-hydrogen) atoms. The maximum Gasteiger partial charge on any atom is 0.191 e. The van der Waals surface area contributed by atoms with E-state index in [1.54, 1.807) is 0 Å². The summed E-state index contributed by atoms with van der Waals surface area (Å²) in [4.78, 5) is 6.34. The Hall–Kier alpha value is -0.780. The number of nitrogens with two attached hydrogens (primary N) is 1. The van der Waals surface area contributed by atoms with Crippen LogP contribution in [0.3, 0.4) is 0 Å². The zero-order valence-corrected chi connectivity index (χ0v) is 13.2. The summed E-state index contributed by atoms with van der Waals surface area (Å²) in [6, 6.07) is 0. The fourth-order valence-corrected chi connectivity index (χ4v) is 4.49. The van der Waals surface area contributed by atoms with Crippen molar-refractivity contribution in [1.82, 2.24) is 4.90 Å². The van der Waals surface area contributed by atoms with Gasteiger partial charge in [0.15, 0.2) is 15.8 Å². The average Bonchev–Trinajstić information content (AvgIpc) is 2.34. The third kappa shape index (κ3) is 4.65. The maximum atomic E-state index is 11.9. The number of rotatable bonds is 5. The zero-order valence-electron chi connectivity index (χ0n) is 12.4. The quantitative estimate of drug-likeness (QED) is 0.612. The Labute approximate surface area is 122 Å². The molecular formula is C14H27N3O2S. The highest BCUT2D eigenvalue weighted by atomic mass is 32.2. The Bertz CT molecular complexity index is 443. The molecule has 0 amide bonds. The van der Waals surface area contributed by atoms with E-state index in [4.69, 9.17) is 5.73 Å². The molecule has 0 aromatic carbocycles. The molecule has 0 bridgehead atoms. The van der Waals surface area contributed by atoms with E-state index in [1.807, 2.05) is 0 Å². The zero-order chi connectivity index (χ0) is 14.6. The standard InChI is InChI=1S/C14H27N3O2S/c1-12-4-3-8-17(10-12)14(15)16-7-9-20(18,19)11-13-5-2-6-13/h12-13H,2-11H2,1H3,(H2,15,16)/t12-/m1/s1. The first-order valence-electron chi connectivity index (χ1n) is 7.71. The van der Waals surface area contributed by atoms with Gasteiger partial charge in [0.1, 0.15) is 0 Å². The lowest BCUT2D eigenvalue weighted by Gasteiger charge is -2.31. The molecule has 0 radical (unpaired) electrons. The van der Waals surface area contributed by atoms with Gasteiger partial charge in [-0.2, -0.15) is 0 Å². The predicted molar refractivity (Wildman–Crippen MR) is 82.5 cm³/mol. The van der Waals surface area contributed by atoms with Gasteiger partial charge in [-0.05, 0) is 37.5 Å². The molecule has 6 heteroatoms. The van der Waals surface area contributed by atoms with Crippen LogP contribution >= 0.6 is 0 Å². The van der Waals surface area contributed by atoms with E-state index in [-0.39, 0.29) is 5.75 Å². The number of guanidine groups is 1. The van der Waals surface area contributed by atoms with Gasteiger partial charge in [0, 0.05) is 13.1 Å². The van der Waals surface area contributed by atoms with Crippen LogP contribution in [0.25, 0.3) is 0 Å². The van der Waals surface area contributed by atoms with Crippen LogP contribution < -0.4 is 5.73 Å². The molecular weight excluding hydrogens is 274 g/mol. The van der Waals surface area contributed by atoms with Crippen molar-refractivity contribution in [1.29, 1.82) is 0 Å². The number of sulfone groups is 1. The van der Waals surface area contributed by atoms with Gasteiger partial charge >= 0.3 is 0 Å². The van der Waals surface area contributed by atoms with Gasteiger partial charge < -0.3 is 10.6 Å². The van der Waals surface area contributed by atoms with E-state index in [1.165, 1.54) is 12.8 Å². The maximum absolute atomic E-state index is 11.9. The Kier molecular flexibility index (Phi) is 5.29. The summed E-state index contributed by atoms with van der Waals surface area (Å²) in [6.07, 6.45) is 5.68. The Morgan fingerprint density at radius 2 is 2.05 bits per heavy atom. The lowest BCUT2D eigenvalue weighted by molar-refractivity contribution is 0.270. The third-order valence-corrected chi connectivity index (χ3v) is 6.16. The van der Waals surface area contributed by atoms with Crippen molar-refractivity contribution in [2.75, 3.05) is 31.1 Å². The molecule has 2 N–H and O–H groups in total. The van der Waals surface area contributed by atoms with Gasteiger partial charge in [0.25, 0.3) is 0 Å². The molecule has 5 nitrogen and oxygen atoms in total. The van der Waals surface area contributed by atoms with Crippen LogP contribution in [0.5, 0.6) is 0 Å². The average molecular weight is 301 g/mol. The Balaban J connectivity index is 1.76. The second-order valence-electron chi connectivity index (χ2n) is 6.34. The first-order valence-corrected chi connectivity index (χ1v) is 9.54. The second-order valence-corrected chi connectivity index (χ2v) is 8.57.